The van der Waals surface area contributed by atoms with Gasteiger partial charge < -0.3 is 19.4 Å². The molecule has 0 bridgehead atoms. The van der Waals surface area contributed by atoms with Crippen LogP contribution >= 0.6 is 0 Å². The molecule has 9 heteroatoms. The van der Waals surface area contributed by atoms with Crippen LogP contribution < -0.4 is 4.74 Å². The Bertz CT molecular complexity index is 1360. The molecule has 0 saturated carbocycles. The van der Waals surface area contributed by atoms with E-state index in [-0.39, 0.29) is 35.8 Å². The van der Waals surface area contributed by atoms with E-state index in [1.807, 2.05) is 36.1 Å². The number of piperazine rings is 1. The van der Waals surface area contributed by atoms with E-state index in [0.717, 1.165) is 23.3 Å². The quantitative estimate of drug-likeness (QED) is 0.297. The molecular weight excluding hydrogens is 543 g/mol. The Kier molecular flexibility index (Phi) is 8.89. The van der Waals surface area contributed by atoms with Crippen molar-refractivity contribution in [1.82, 2.24) is 14.7 Å². The number of amides is 3. The topological polar surface area (TPSA) is 53.1 Å². The highest BCUT2D eigenvalue weighted by molar-refractivity contribution is 5.87. The molecule has 0 spiro atoms. The van der Waals surface area contributed by atoms with Crippen molar-refractivity contribution in [2.75, 3.05) is 27.2 Å². The van der Waals surface area contributed by atoms with E-state index < -0.39 is 29.2 Å². The minimum Gasteiger partial charge on any atom is -0.497 e. The smallest absolute Gasteiger partial charge is 0.416 e. The fraction of sp³-hybridized carbons (Fsp3) is 0.394. The molecular formula is C33H38F3N3O3. The molecule has 2 aromatic carbocycles. The maximum atomic E-state index is 14.3. The molecule has 2 aromatic rings. The number of urea groups is 1. The third kappa shape index (κ3) is 5.56. The number of carbonyl (C=O) groups is 2. The fourth-order valence-corrected chi connectivity index (χ4v) is 6.56. The van der Waals surface area contributed by atoms with Gasteiger partial charge in [-0.25, -0.2) is 4.79 Å². The summed E-state index contributed by atoms with van der Waals surface area (Å²) in [5.41, 5.74) is 0.570. The van der Waals surface area contributed by atoms with Crippen LogP contribution in [0.25, 0.3) is 0 Å². The van der Waals surface area contributed by atoms with Gasteiger partial charge in [0.05, 0.1) is 36.2 Å². The van der Waals surface area contributed by atoms with Gasteiger partial charge in [0.2, 0.25) is 5.91 Å². The van der Waals surface area contributed by atoms with Crippen molar-refractivity contribution in [3.05, 3.63) is 103 Å². The molecule has 2 aliphatic heterocycles. The first-order valence-electron chi connectivity index (χ1n) is 13.9. The monoisotopic (exact) mass is 581 g/mol. The Morgan fingerprint density at radius 2 is 1.81 bits per heavy atom. The van der Waals surface area contributed by atoms with Crippen LogP contribution in [-0.4, -0.2) is 59.9 Å². The number of ether oxygens (including phenoxy) is 1. The van der Waals surface area contributed by atoms with Crippen LogP contribution in [0.1, 0.15) is 53.6 Å². The summed E-state index contributed by atoms with van der Waals surface area (Å²) in [5.74, 6) is 0.0653. The SMILES string of the molecule is C=CCC1(CC=C)CC2C(c3ccccc3C)N(C(=O)N(C)C(C=C)c3cc(OC)cc(C(F)(F)F)c3)CCN2C1=O. The molecule has 4 rings (SSSR count). The number of hydrogen-bond acceptors (Lipinski definition) is 3. The van der Waals surface area contributed by atoms with Crippen LogP contribution in [0, 0.1) is 12.3 Å². The lowest BCUT2D eigenvalue weighted by Crippen LogP contribution is -2.57. The number of rotatable bonds is 9. The number of benzene rings is 2. The van der Waals surface area contributed by atoms with E-state index in [2.05, 4.69) is 19.7 Å². The Hall–Kier alpha value is -4.01. The number of allylic oxidation sites excluding steroid dienone is 2. The molecule has 2 heterocycles. The van der Waals surface area contributed by atoms with Gasteiger partial charge >= 0.3 is 12.2 Å². The lowest BCUT2D eigenvalue weighted by atomic mass is 9.76. The molecule has 0 aromatic heterocycles. The maximum Gasteiger partial charge on any atom is 0.416 e. The zero-order chi connectivity index (χ0) is 30.8. The molecule has 3 unspecified atom stereocenters. The highest BCUT2D eigenvalue weighted by Crippen LogP contribution is 2.50. The molecule has 6 nitrogen and oxygen atoms in total. The van der Waals surface area contributed by atoms with Crippen molar-refractivity contribution in [2.24, 2.45) is 5.41 Å². The second kappa shape index (κ2) is 12.1. The highest BCUT2D eigenvalue weighted by atomic mass is 19.4. The largest absolute Gasteiger partial charge is 0.497 e. The summed E-state index contributed by atoms with van der Waals surface area (Å²) in [4.78, 5) is 33.2. The summed E-state index contributed by atoms with van der Waals surface area (Å²) in [5, 5.41) is 0. The number of nitrogens with zero attached hydrogens (tertiary/aromatic N) is 3. The average molecular weight is 582 g/mol. The van der Waals surface area contributed by atoms with Crippen LogP contribution in [0.2, 0.25) is 0 Å². The minimum absolute atomic E-state index is 0.0316. The van der Waals surface area contributed by atoms with E-state index in [1.54, 1.807) is 24.1 Å². The first kappa shape index (κ1) is 30.9. The van der Waals surface area contributed by atoms with Gasteiger partial charge in [-0.1, -0.05) is 42.5 Å². The van der Waals surface area contributed by atoms with Gasteiger partial charge in [-0.15, -0.1) is 19.7 Å². The molecule has 0 aliphatic carbocycles. The highest BCUT2D eigenvalue weighted by Gasteiger charge is 2.56. The minimum atomic E-state index is -4.60. The predicted molar refractivity (Wildman–Crippen MR) is 157 cm³/mol. The molecule has 42 heavy (non-hydrogen) atoms. The second-order valence-corrected chi connectivity index (χ2v) is 11.1. The number of likely N-dealkylation sites (N-methyl/N-ethyl adjacent to an activating group) is 1. The molecule has 3 amide bonds. The van der Waals surface area contributed by atoms with Crippen LogP contribution in [-0.2, 0) is 11.0 Å². The van der Waals surface area contributed by atoms with Crippen LogP contribution in [0.3, 0.4) is 0 Å². The lowest BCUT2D eigenvalue weighted by molar-refractivity contribution is -0.139. The number of fused-ring (bicyclic) bond motifs is 1. The number of alkyl halides is 3. The second-order valence-electron chi connectivity index (χ2n) is 11.1. The first-order valence-corrected chi connectivity index (χ1v) is 13.9. The van der Waals surface area contributed by atoms with E-state index in [1.165, 1.54) is 24.2 Å². The van der Waals surface area contributed by atoms with Crippen LogP contribution in [0.5, 0.6) is 5.75 Å². The predicted octanol–water partition coefficient (Wildman–Crippen LogP) is 7.10. The van der Waals surface area contributed by atoms with Crippen LogP contribution in [0.15, 0.2) is 80.4 Å². The Morgan fingerprint density at radius 1 is 1.14 bits per heavy atom. The maximum absolute atomic E-state index is 14.3. The van der Waals surface area contributed by atoms with Crippen LogP contribution in [0.4, 0.5) is 18.0 Å². The van der Waals surface area contributed by atoms with Gasteiger partial charge in [0.1, 0.15) is 5.75 Å². The van der Waals surface area contributed by atoms with E-state index in [9.17, 15) is 22.8 Å². The third-order valence-corrected chi connectivity index (χ3v) is 8.60. The summed E-state index contributed by atoms with van der Waals surface area (Å²) in [7, 11) is 2.85. The number of hydrogen-bond donors (Lipinski definition) is 0. The van der Waals surface area contributed by atoms with Crippen molar-refractivity contribution in [3.63, 3.8) is 0 Å². The zero-order valence-electron chi connectivity index (χ0n) is 24.4. The van der Waals surface area contributed by atoms with E-state index >= 15 is 0 Å². The number of carbonyl (C=O) groups excluding carboxylic acids is 2. The summed E-state index contributed by atoms with van der Waals surface area (Å²) in [6.45, 7) is 14.2. The van der Waals surface area contributed by atoms with E-state index in [4.69, 9.17) is 4.74 Å². The van der Waals surface area contributed by atoms with Crippen molar-refractivity contribution in [1.29, 1.82) is 0 Å². The number of aryl methyl sites for hydroxylation is 1. The Balaban J connectivity index is 1.76. The number of halogens is 3. The summed E-state index contributed by atoms with van der Waals surface area (Å²) < 4.78 is 46.2. The first-order chi connectivity index (χ1) is 19.9. The zero-order valence-corrected chi connectivity index (χ0v) is 24.4. The van der Waals surface area contributed by atoms with Gasteiger partial charge in [0.15, 0.2) is 0 Å². The van der Waals surface area contributed by atoms with Gasteiger partial charge in [0.25, 0.3) is 0 Å². The third-order valence-electron chi connectivity index (χ3n) is 8.60. The molecule has 2 saturated heterocycles. The van der Waals surface area contributed by atoms with Crippen molar-refractivity contribution in [2.45, 2.75) is 50.5 Å². The molecule has 2 aliphatic rings. The molecule has 224 valence electrons. The van der Waals surface area contributed by atoms with Crippen molar-refractivity contribution in [3.8, 4) is 5.75 Å². The molecule has 0 N–H and O–H groups in total. The van der Waals surface area contributed by atoms with Gasteiger partial charge in [-0.3, -0.25) is 4.79 Å². The fourth-order valence-electron chi connectivity index (χ4n) is 6.56. The Labute approximate surface area is 245 Å². The molecule has 3 atom stereocenters. The van der Waals surface area contributed by atoms with Crippen molar-refractivity contribution >= 4 is 11.9 Å². The van der Waals surface area contributed by atoms with Crippen molar-refractivity contribution < 1.29 is 27.5 Å². The average Bonchev–Trinajstić information content (AvgIpc) is 3.23. The summed E-state index contributed by atoms with van der Waals surface area (Å²) in [6, 6.07) is 9.21. The summed E-state index contributed by atoms with van der Waals surface area (Å²) >= 11 is 0. The standard InChI is InChI=1S/C33H38F3N3O3/c1-7-14-32(15-8-2)21-28-29(26-13-11-10-12-22(26)4)39(17-16-38(28)30(32)40)31(41)37(5)27(9-3)23-18-24(33(34,35)36)20-25(19-23)42-6/h7-13,18-20,27-29H,1-3,14-17,21H2,4-6H3. The lowest BCUT2D eigenvalue weighted by Gasteiger charge is -2.47. The number of methoxy groups -OCH3 is 1. The van der Waals surface area contributed by atoms with Gasteiger partial charge in [0, 0.05) is 20.1 Å². The molecule has 0 radical (unpaired) electrons. The van der Waals surface area contributed by atoms with E-state index in [0.29, 0.717) is 25.8 Å². The summed E-state index contributed by atoms with van der Waals surface area (Å²) in [6.07, 6.45) is 1.89. The van der Waals surface area contributed by atoms with Gasteiger partial charge in [-0.2, -0.15) is 13.2 Å². The Morgan fingerprint density at radius 3 is 2.38 bits per heavy atom. The van der Waals surface area contributed by atoms with Gasteiger partial charge in [-0.05, 0) is 61.1 Å². The normalized spacial score (nSPS) is 20.5. The molecule has 2 fully saturated rings.